The largest absolute Gasteiger partial charge is 0.310 e. The van der Waals surface area contributed by atoms with Crippen molar-refractivity contribution < 1.29 is 8.76 Å². The molecule has 4 heteroatoms. The van der Waals surface area contributed by atoms with Crippen molar-refractivity contribution in [2.24, 2.45) is 0 Å². The molecular formula is C7H15NO2S. The molecule has 2 atom stereocenters. The maximum atomic E-state index is 10.3. The highest BCUT2D eigenvalue weighted by atomic mass is 32.2. The van der Waals surface area contributed by atoms with E-state index in [1.54, 1.807) is 0 Å². The fourth-order valence-corrected chi connectivity index (χ4v) is 1.17. The van der Waals surface area contributed by atoms with Crippen molar-refractivity contribution in [1.82, 2.24) is 5.32 Å². The molecule has 0 aromatic carbocycles. The van der Waals surface area contributed by atoms with Gasteiger partial charge in [-0.15, -0.1) is 0 Å². The summed E-state index contributed by atoms with van der Waals surface area (Å²) >= 11 is -1.70. The smallest absolute Gasteiger partial charge is 0.154 e. The van der Waals surface area contributed by atoms with Crippen LogP contribution in [0.3, 0.4) is 0 Å². The van der Waals surface area contributed by atoms with Crippen molar-refractivity contribution in [3.8, 4) is 0 Å². The minimum absolute atomic E-state index is 0.0672. The zero-order valence-corrected chi connectivity index (χ0v) is 7.78. The molecule has 0 aromatic heterocycles. The Morgan fingerprint density at radius 2 is 2.36 bits per heavy atom. The highest BCUT2D eigenvalue weighted by molar-refractivity contribution is 7.79. The second-order valence-corrected chi connectivity index (χ2v) is 3.70. The summed E-state index contributed by atoms with van der Waals surface area (Å²) in [6, 6.07) is 0.0672. The van der Waals surface area contributed by atoms with E-state index in [0.717, 1.165) is 5.57 Å². The lowest BCUT2D eigenvalue weighted by Crippen LogP contribution is -2.32. The monoisotopic (exact) mass is 177 g/mol. The topological polar surface area (TPSA) is 49.3 Å². The van der Waals surface area contributed by atoms with Gasteiger partial charge in [-0.2, -0.15) is 0 Å². The van der Waals surface area contributed by atoms with Crippen molar-refractivity contribution in [3.63, 3.8) is 0 Å². The van der Waals surface area contributed by atoms with Gasteiger partial charge < -0.3 is 9.87 Å². The van der Waals surface area contributed by atoms with Gasteiger partial charge in [0.2, 0.25) is 0 Å². The molecule has 0 heterocycles. The van der Waals surface area contributed by atoms with E-state index in [4.69, 9.17) is 4.55 Å². The Kier molecular flexibility index (Phi) is 5.36. The molecule has 11 heavy (non-hydrogen) atoms. The van der Waals surface area contributed by atoms with Gasteiger partial charge in [-0.3, -0.25) is 0 Å². The van der Waals surface area contributed by atoms with Gasteiger partial charge in [0.05, 0.1) is 5.75 Å². The van der Waals surface area contributed by atoms with Gasteiger partial charge in [0.1, 0.15) is 0 Å². The van der Waals surface area contributed by atoms with Crippen LogP contribution in [0.2, 0.25) is 0 Å². The van der Waals surface area contributed by atoms with Gasteiger partial charge >= 0.3 is 0 Å². The molecular weight excluding hydrogens is 162 g/mol. The third kappa shape index (κ3) is 7.71. The molecule has 66 valence electrons. The molecule has 0 aliphatic rings. The average Bonchev–Trinajstić information content (AvgIpc) is 1.82. The Labute approximate surface area is 70.2 Å². The Morgan fingerprint density at radius 3 is 2.73 bits per heavy atom. The van der Waals surface area contributed by atoms with Gasteiger partial charge in [0.15, 0.2) is 11.1 Å². The molecule has 2 unspecified atom stereocenters. The number of hydrogen-bond acceptors (Lipinski definition) is 2. The van der Waals surface area contributed by atoms with Gasteiger partial charge in [0.25, 0.3) is 0 Å². The lowest BCUT2D eigenvalue weighted by molar-refractivity contribution is 0.543. The molecule has 3 nitrogen and oxygen atoms in total. The Hall–Kier alpha value is -0.190. The van der Waals surface area contributed by atoms with Crippen LogP contribution in [0.4, 0.5) is 0 Å². The zero-order valence-electron chi connectivity index (χ0n) is 6.96. The predicted molar refractivity (Wildman–Crippen MR) is 47.9 cm³/mol. The van der Waals surface area contributed by atoms with Crippen LogP contribution in [0, 0.1) is 0 Å². The summed E-state index contributed by atoms with van der Waals surface area (Å²) in [4.78, 5) is 0. The van der Waals surface area contributed by atoms with Gasteiger partial charge in [0, 0.05) is 12.6 Å². The van der Waals surface area contributed by atoms with Gasteiger partial charge in [-0.25, -0.2) is 4.21 Å². The Balaban J connectivity index is 3.44. The number of rotatable bonds is 5. The summed E-state index contributed by atoms with van der Waals surface area (Å²) < 4.78 is 18.8. The van der Waals surface area contributed by atoms with E-state index < -0.39 is 11.1 Å². The van der Waals surface area contributed by atoms with Crippen LogP contribution in [0.15, 0.2) is 12.2 Å². The van der Waals surface area contributed by atoms with Gasteiger partial charge in [-0.05, 0) is 13.8 Å². The van der Waals surface area contributed by atoms with E-state index in [1.807, 2.05) is 13.8 Å². The first-order valence-corrected chi connectivity index (χ1v) is 4.75. The van der Waals surface area contributed by atoms with Crippen molar-refractivity contribution in [2.75, 3.05) is 12.3 Å². The van der Waals surface area contributed by atoms with E-state index in [-0.39, 0.29) is 11.8 Å². The second-order valence-electron chi connectivity index (χ2n) is 2.73. The highest BCUT2D eigenvalue weighted by Gasteiger charge is 2.03. The molecule has 2 N–H and O–H groups in total. The molecule has 0 aromatic rings. The summed E-state index contributed by atoms with van der Waals surface area (Å²) in [5.74, 6) is 0.271. The Bertz CT molecular complexity index is 159. The molecule has 0 spiro atoms. The quantitative estimate of drug-likeness (QED) is 0.481. The van der Waals surface area contributed by atoms with E-state index in [0.29, 0.717) is 6.54 Å². The van der Waals surface area contributed by atoms with Crippen LogP contribution in [-0.4, -0.2) is 27.1 Å². The van der Waals surface area contributed by atoms with Crippen molar-refractivity contribution in [1.29, 1.82) is 0 Å². The first kappa shape index (κ1) is 10.8. The standard InChI is InChI=1S/C7H15NO2S/c1-6(2)4-8-7(3)5-11(9)10/h7-8H,1,4-5H2,2-3H3,(H,9,10). The third-order valence-electron chi connectivity index (χ3n) is 1.14. The molecule has 0 saturated heterocycles. The molecule has 0 amide bonds. The SMILES string of the molecule is C=C(C)CNC(C)CS(=O)O. The molecule has 0 aliphatic heterocycles. The average molecular weight is 177 g/mol. The number of nitrogens with one attached hydrogen (secondary N) is 1. The Morgan fingerprint density at radius 1 is 1.82 bits per heavy atom. The lowest BCUT2D eigenvalue weighted by atomic mass is 10.3. The molecule has 0 rings (SSSR count). The van der Waals surface area contributed by atoms with Crippen LogP contribution in [0.5, 0.6) is 0 Å². The maximum Gasteiger partial charge on any atom is 0.154 e. The fraction of sp³-hybridized carbons (Fsp3) is 0.714. The summed E-state index contributed by atoms with van der Waals surface area (Å²) in [7, 11) is 0. The molecule has 0 saturated carbocycles. The van der Waals surface area contributed by atoms with Crippen molar-refractivity contribution in [3.05, 3.63) is 12.2 Å². The lowest BCUT2D eigenvalue weighted by Gasteiger charge is -2.10. The van der Waals surface area contributed by atoms with Crippen LogP contribution in [-0.2, 0) is 11.1 Å². The first-order valence-electron chi connectivity index (χ1n) is 3.47. The predicted octanol–water partition coefficient (Wildman–Crippen LogP) is 0.762. The van der Waals surface area contributed by atoms with E-state index in [9.17, 15) is 4.21 Å². The minimum Gasteiger partial charge on any atom is -0.310 e. The zero-order chi connectivity index (χ0) is 8.85. The number of hydrogen-bond donors (Lipinski definition) is 2. The first-order chi connectivity index (χ1) is 5.02. The summed E-state index contributed by atoms with van der Waals surface area (Å²) in [6.45, 7) is 8.20. The third-order valence-corrected chi connectivity index (χ3v) is 1.93. The fourth-order valence-electron chi connectivity index (χ4n) is 0.621. The van der Waals surface area contributed by atoms with Gasteiger partial charge in [-0.1, -0.05) is 12.2 Å². The summed E-state index contributed by atoms with van der Waals surface area (Å²) in [5.41, 5.74) is 1.03. The molecule has 0 aliphatic carbocycles. The van der Waals surface area contributed by atoms with Crippen LogP contribution >= 0.6 is 0 Å². The van der Waals surface area contributed by atoms with E-state index in [1.165, 1.54) is 0 Å². The summed E-state index contributed by atoms with van der Waals surface area (Å²) in [5, 5.41) is 3.06. The minimum atomic E-state index is -1.70. The van der Waals surface area contributed by atoms with Crippen LogP contribution in [0.1, 0.15) is 13.8 Å². The van der Waals surface area contributed by atoms with Crippen LogP contribution < -0.4 is 5.32 Å². The van der Waals surface area contributed by atoms with E-state index in [2.05, 4.69) is 11.9 Å². The van der Waals surface area contributed by atoms with Crippen molar-refractivity contribution >= 4 is 11.1 Å². The molecule has 0 bridgehead atoms. The highest BCUT2D eigenvalue weighted by Crippen LogP contribution is 1.88. The van der Waals surface area contributed by atoms with Crippen molar-refractivity contribution in [2.45, 2.75) is 19.9 Å². The van der Waals surface area contributed by atoms with Crippen LogP contribution in [0.25, 0.3) is 0 Å². The van der Waals surface area contributed by atoms with E-state index >= 15 is 0 Å². The normalized spacial score (nSPS) is 15.9. The molecule has 0 fully saturated rings. The molecule has 0 radical (unpaired) electrons. The maximum absolute atomic E-state index is 10.3. The summed E-state index contributed by atoms with van der Waals surface area (Å²) in [6.07, 6.45) is 0. The second kappa shape index (κ2) is 5.46.